The Labute approximate surface area is 104 Å². The molecule has 2 fully saturated rings. The van der Waals surface area contributed by atoms with Gasteiger partial charge in [-0.25, -0.2) is 4.79 Å². The molecule has 2 rings (SSSR count). The summed E-state index contributed by atoms with van der Waals surface area (Å²) in [6.45, 7) is 3.77. The molecule has 0 aliphatic heterocycles. The molecular formula is C14H25NO2. The Balaban J connectivity index is 1.77. The Kier molecular flexibility index (Phi) is 4.30. The summed E-state index contributed by atoms with van der Waals surface area (Å²) in [7, 11) is 0. The van der Waals surface area contributed by atoms with Gasteiger partial charge in [-0.15, -0.1) is 0 Å². The van der Waals surface area contributed by atoms with E-state index in [9.17, 15) is 4.79 Å². The van der Waals surface area contributed by atoms with Crippen LogP contribution in [-0.4, -0.2) is 18.2 Å². The smallest absolute Gasteiger partial charge is 0.407 e. The number of nitrogens with one attached hydrogen (secondary N) is 1. The molecule has 0 radical (unpaired) electrons. The quantitative estimate of drug-likeness (QED) is 0.801. The number of amides is 1. The highest BCUT2D eigenvalue weighted by Crippen LogP contribution is 2.40. The van der Waals surface area contributed by atoms with Crippen molar-refractivity contribution in [3.63, 3.8) is 0 Å². The normalized spacial score (nSPS) is 33.0. The van der Waals surface area contributed by atoms with Gasteiger partial charge >= 0.3 is 6.09 Å². The molecular weight excluding hydrogens is 214 g/mol. The van der Waals surface area contributed by atoms with Crippen molar-refractivity contribution < 1.29 is 9.53 Å². The zero-order valence-corrected chi connectivity index (χ0v) is 11.1. The summed E-state index contributed by atoms with van der Waals surface area (Å²) in [5, 5.41) is 3.02. The number of fused-ring (bicyclic) bond motifs is 1. The van der Waals surface area contributed by atoms with E-state index in [4.69, 9.17) is 4.74 Å². The summed E-state index contributed by atoms with van der Waals surface area (Å²) >= 11 is 0. The molecule has 2 aliphatic rings. The number of alkyl carbamates (subject to hydrolysis) is 1. The predicted molar refractivity (Wildman–Crippen MR) is 67.8 cm³/mol. The van der Waals surface area contributed by atoms with Crippen molar-refractivity contribution >= 4 is 6.09 Å². The van der Waals surface area contributed by atoms with Crippen LogP contribution in [0.5, 0.6) is 0 Å². The van der Waals surface area contributed by atoms with Crippen molar-refractivity contribution in [3.8, 4) is 0 Å². The SMILES string of the molecule is CC(C)OC(=O)N[C@H]1CC[C@H]2CCCC[C@@H]2C1. The minimum atomic E-state index is -0.237. The van der Waals surface area contributed by atoms with Crippen molar-refractivity contribution in [1.29, 1.82) is 0 Å². The molecule has 0 bridgehead atoms. The molecule has 0 heterocycles. The third kappa shape index (κ3) is 3.62. The van der Waals surface area contributed by atoms with E-state index in [1.54, 1.807) is 0 Å². The van der Waals surface area contributed by atoms with Crippen LogP contribution in [0.1, 0.15) is 58.8 Å². The fourth-order valence-corrected chi connectivity index (χ4v) is 3.42. The van der Waals surface area contributed by atoms with E-state index in [1.165, 1.54) is 32.1 Å². The molecule has 3 heteroatoms. The second-order valence-corrected chi connectivity index (χ2v) is 5.91. The summed E-state index contributed by atoms with van der Waals surface area (Å²) in [4.78, 5) is 11.5. The first-order valence-electron chi connectivity index (χ1n) is 7.12. The van der Waals surface area contributed by atoms with Gasteiger partial charge in [-0.1, -0.05) is 25.7 Å². The van der Waals surface area contributed by atoms with Gasteiger partial charge in [0.25, 0.3) is 0 Å². The fraction of sp³-hybridized carbons (Fsp3) is 0.929. The molecule has 2 saturated carbocycles. The Morgan fingerprint density at radius 2 is 1.82 bits per heavy atom. The van der Waals surface area contributed by atoms with Gasteiger partial charge in [0.1, 0.15) is 0 Å². The number of rotatable bonds is 2. The summed E-state index contributed by atoms with van der Waals surface area (Å²) in [5.41, 5.74) is 0. The Morgan fingerprint density at radius 3 is 2.53 bits per heavy atom. The molecule has 0 saturated heterocycles. The van der Waals surface area contributed by atoms with Gasteiger partial charge < -0.3 is 10.1 Å². The third-order valence-corrected chi connectivity index (χ3v) is 4.20. The van der Waals surface area contributed by atoms with Crippen LogP contribution in [-0.2, 0) is 4.74 Å². The van der Waals surface area contributed by atoms with Gasteiger partial charge in [-0.3, -0.25) is 0 Å². The first-order chi connectivity index (χ1) is 8.15. The van der Waals surface area contributed by atoms with Gasteiger partial charge in [0, 0.05) is 6.04 Å². The van der Waals surface area contributed by atoms with E-state index < -0.39 is 0 Å². The zero-order valence-electron chi connectivity index (χ0n) is 11.1. The molecule has 0 aromatic heterocycles. The van der Waals surface area contributed by atoms with E-state index >= 15 is 0 Å². The largest absolute Gasteiger partial charge is 0.447 e. The molecule has 1 N–H and O–H groups in total. The minimum absolute atomic E-state index is 0.0268. The van der Waals surface area contributed by atoms with Crippen molar-refractivity contribution in [2.24, 2.45) is 11.8 Å². The molecule has 0 spiro atoms. The zero-order chi connectivity index (χ0) is 12.3. The first kappa shape index (κ1) is 12.7. The first-order valence-corrected chi connectivity index (χ1v) is 7.12. The van der Waals surface area contributed by atoms with E-state index in [1.807, 2.05) is 13.8 Å². The Bertz CT molecular complexity index is 265. The number of hydrogen-bond acceptors (Lipinski definition) is 2. The number of hydrogen-bond donors (Lipinski definition) is 1. The van der Waals surface area contributed by atoms with Crippen molar-refractivity contribution in [3.05, 3.63) is 0 Å². The van der Waals surface area contributed by atoms with Crippen molar-refractivity contribution in [2.75, 3.05) is 0 Å². The van der Waals surface area contributed by atoms with Crippen LogP contribution in [0.4, 0.5) is 4.79 Å². The highest BCUT2D eigenvalue weighted by Gasteiger charge is 2.32. The number of ether oxygens (including phenoxy) is 1. The van der Waals surface area contributed by atoms with Crippen molar-refractivity contribution in [2.45, 2.75) is 70.9 Å². The highest BCUT2D eigenvalue weighted by molar-refractivity contribution is 5.67. The van der Waals surface area contributed by atoms with Crippen LogP contribution in [0, 0.1) is 11.8 Å². The van der Waals surface area contributed by atoms with E-state index in [-0.39, 0.29) is 12.2 Å². The van der Waals surface area contributed by atoms with Gasteiger partial charge in [0.05, 0.1) is 6.10 Å². The maximum Gasteiger partial charge on any atom is 0.407 e. The average molecular weight is 239 g/mol. The Hall–Kier alpha value is -0.730. The van der Waals surface area contributed by atoms with Crippen LogP contribution in [0.2, 0.25) is 0 Å². The standard InChI is InChI=1S/C14H25NO2/c1-10(2)17-14(16)15-13-8-7-11-5-3-4-6-12(11)9-13/h10-13H,3-9H2,1-2H3,(H,15,16)/t11-,12-,13+/m1/s1. The summed E-state index contributed by atoms with van der Waals surface area (Å²) in [5.74, 6) is 1.78. The van der Waals surface area contributed by atoms with Crippen LogP contribution < -0.4 is 5.32 Å². The molecule has 0 aromatic rings. The monoisotopic (exact) mass is 239 g/mol. The second-order valence-electron chi connectivity index (χ2n) is 5.91. The molecule has 1 amide bonds. The van der Waals surface area contributed by atoms with E-state index in [0.29, 0.717) is 6.04 Å². The maximum atomic E-state index is 11.5. The van der Waals surface area contributed by atoms with Gasteiger partial charge in [0.15, 0.2) is 0 Å². The minimum Gasteiger partial charge on any atom is -0.447 e. The number of carbonyl (C=O) groups is 1. The van der Waals surface area contributed by atoms with E-state index in [0.717, 1.165) is 24.7 Å². The molecule has 3 atom stereocenters. The maximum absolute atomic E-state index is 11.5. The lowest BCUT2D eigenvalue weighted by Gasteiger charge is -2.39. The number of carbonyl (C=O) groups excluding carboxylic acids is 1. The van der Waals surface area contributed by atoms with Gasteiger partial charge in [-0.05, 0) is 44.9 Å². The lowest BCUT2D eigenvalue weighted by molar-refractivity contribution is 0.0979. The molecule has 17 heavy (non-hydrogen) atoms. The van der Waals surface area contributed by atoms with Crippen LogP contribution in [0.15, 0.2) is 0 Å². The molecule has 2 aliphatic carbocycles. The Morgan fingerprint density at radius 1 is 1.12 bits per heavy atom. The topological polar surface area (TPSA) is 38.3 Å². The summed E-state index contributed by atoms with van der Waals surface area (Å²) < 4.78 is 5.14. The predicted octanol–water partition coefficient (Wildman–Crippen LogP) is 3.48. The highest BCUT2D eigenvalue weighted by atomic mass is 16.6. The summed E-state index contributed by atoms with van der Waals surface area (Å²) in [6.07, 6.45) is 8.89. The molecule has 0 unspecified atom stereocenters. The van der Waals surface area contributed by atoms with Crippen LogP contribution in [0.3, 0.4) is 0 Å². The molecule has 3 nitrogen and oxygen atoms in total. The van der Waals surface area contributed by atoms with E-state index in [2.05, 4.69) is 5.32 Å². The van der Waals surface area contributed by atoms with Gasteiger partial charge in [-0.2, -0.15) is 0 Å². The van der Waals surface area contributed by atoms with Crippen LogP contribution in [0.25, 0.3) is 0 Å². The lowest BCUT2D eigenvalue weighted by Crippen LogP contribution is -2.42. The average Bonchev–Trinajstić information content (AvgIpc) is 2.27. The molecule has 0 aromatic carbocycles. The lowest BCUT2D eigenvalue weighted by atomic mass is 9.69. The van der Waals surface area contributed by atoms with Gasteiger partial charge in [0.2, 0.25) is 0 Å². The van der Waals surface area contributed by atoms with Crippen LogP contribution >= 0.6 is 0 Å². The summed E-state index contributed by atoms with van der Waals surface area (Å²) in [6, 6.07) is 0.348. The third-order valence-electron chi connectivity index (χ3n) is 4.20. The van der Waals surface area contributed by atoms with Crippen molar-refractivity contribution in [1.82, 2.24) is 5.32 Å². The molecule has 98 valence electrons. The fourth-order valence-electron chi connectivity index (χ4n) is 3.42. The second kappa shape index (κ2) is 5.74.